The minimum absolute atomic E-state index is 0.0257. The molecular weight excluding hydrogens is 484 g/mol. The third-order valence-electron chi connectivity index (χ3n) is 5.27. The van der Waals surface area contributed by atoms with Crippen LogP contribution in [-0.2, 0) is 21.1 Å². The Labute approximate surface area is 209 Å². The Balaban J connectivity index is 1.55. The van der Waals surface area contributed by atoms with Gasteiger partial charge in [-0.25, -0.2) is 8.42 Å². The van der Waals surface area contributed by atoms with Crippen molar-refractivity contribution in [3.05, 3.63) is 102 Å². The van der Waals surface area contributed by atoms with Gasteiger partial charge in [0.1, 0.15) is 11.6 Å². The Bertz CT molecular complexity index is 1420. The number of hydrogen-bond acceptors (Lipinski definition) is 5. The number of nitrogens with one attached hydrogen (secondary N) is 1. The van der Waals surface area contributed by atoms with Gasteiger partial charge in [-0.05, 0) is 59.7 Å². The molecule has 1 aromatic heterocycles. The predicted octanol–water partition coefficient (Wildman–Crippen LogP) is 6.17. The lowest BCUT2D eigenvalue weighted by Crippen LogP contribution is -2.15. The first kappa shape index (κ1) is 24.4. The molecule has 0 saturated carbocycles. The lowest BCUT2D eigenvalue weighted by atomic mass is 10.1. The summed E-state index contributed by atoms with van der Waals surface area (Å²) >= 11 is 6.03. The Morgan fingerprint density at radius 1 is 0.914 bits per heavy atom. The molecule has 35 heavy (non-hydrogen) atoms. The number of nitrogens with zero attached hydrogens (tertiary/aromatic N) is 1. The summed E-state index contributed by atoms with van der Waals surface area (Å²) in [5.74, 6) is 1.03. The zero-order chi connectivity index (χ0) is 24.8. The third-order valence-corrected chi connectivity index (χ3v) is 7.27. The van der Waals surface area contributed by atoms with E-state index in [2.05, 4.69) is 10.3 Å². The molecule has 0 atom stereocenters. The fourth-order valence-corrected chi connectivity index (χ4v) is 4.40. The minimum Gasteiger partial charge on any atom is -0.438 e. The van der Waals surface area contributed by atoms with Crippen molar-refractivity contribution < 1.29 is 17.9 Å². The molecule has 1 N–H and O–H groups in total. The molecule has 8 heteroatoms. The van der Waals surface area contributed by atoms with E-state index in [9.17, 15) is 13.2 Å². The van der Waals surface area contributed by atoms with Gasteiger partial charge < -0.3 is 10.1 Å². The number of carbonyl (C=O) groups is 1. The monoisotopic (exact) mass is 506 g/mol. The Morgan fingerprint density at radius 3 is 2.26 bits per heavy atom. The highest BCUT2D eigenvalue weighted by molar-refractivity contribution is 7.91. The standard InChI is InChI=1S/C27H23ClN2O4S/c1-2-35(32,33)23-14-8-19(9-15-23)18-26(31)29-25-17-16-24(20-10-12-21(28)13-11-20)27(30-25)34-22-6-4-3-5-7-22/h3-17H,2,18H2,1H3,(H,29,30,31). The molecule has 1 heterocycles. The predicted molar refractivity (Wildman–Crippen MR) is 138 cm³/mol. The molecule has 4 rings (SSSR count). The van der Waals surface area contributed by atoms with Gasteiger partial charge in [-0.1, -0.05) is 61.0 Å². The van der Waals surface area contributed by atoms with Gasteiger partial charge in [0.2, 0.25) is 11.8 Å². The quantitative estimate of drug-likeness (QED) is 0.309. The molecule has 0 saturated heterocycles. The second-order valence-corrected chi connectivity index (χ2v) is 10.5. The lowest BCUT2D eigenvalue weighted by molar-refractivity contribution is -0.115. The van der Waals surface area contributed by atoms with E-state index in [1.807, 2.05) is 48.5 Å². The Kier molecular flexibility index (Phi) is 7.48. The summed E-state index contributed by atoms with van der Waals surface area (Å²) in [6.45, 7) is 1.59. The second kappa shape index (κ2) is 10.7. The Morgan fingerprint density at radius 2 is 1.60 bits per heavy atom. The third kappa shape index (κ3) is 6.26. The van der Waals surface area contributed by atoms with Crippen molar-refractivity contribution in [1.29, 1.82) is 0 Å². The summed E-state index contributed by atoms with van der Waals surface area (Å²) in [5.41, 5.74) is 2.31. The number of aromatic nitrogens is 1. The summed E-state index contributed by atoms with van der Waals surface area (Å²) in [7, 11) is -3.28. The van der Waals surface area contributed by atoms with Crippen LogP contribution < -0.4 is 10.1 Å². The van der Waals surface area contributed by atoms with Crippen LogP contribution in [0.25, 0.3) is 11.1 Å². The number of amides is 1. The number of carbonyl (C=O) groups excluding carboxylic acids is 1. The van der Waals surface area contributed by atoms with Crippen molar-refractivity contribution >= 4 is 33.2 Å². The van der Waals surface area contributed by atoms with Crippen LogP contribution in [0.1, 0.15) is 12.5 Å². The first-order valence-electron chi connectivity index (χ1n) is 11.0. The molecule has 0 aliphatic rings. The number of halogens is 1. The number of para-hydroxylation sites is 1. The van der Waals surface area contributed by atoms with Gasteiger partial charge in [0.25, 0.3) is 0 Å². The number of rotatable bonds is 8. The molecule has 1 amide bonds. The van der Waals surface area contributed by atoms with E-state index >= 15 is 0 Å². The fraction of sp³-hybridized carbons (Fsp3) is 0.111. The molecule has 3 aromatic carbocycles. The van der Waals surface area contributed by atoms with Crippen LogP contribution >= 0.6 is 11.6 Å². The zero-order valence-corrected chi connectivity index (χ0v) is 20.5. The number of hydrogen-bond donors (Lipinski definition) is 1. The SMILES string of the molecule is CCS(=O)(=O)c1ccc(CC(=O)Nc2ccc(-c3ccc(Cl)cc3)c(Oc3ccccc3)n2)cc1. The molecule has 0 aliphatic heterocycles. The molecule has 0 bridgehead atoms. The van der Waals surface area contributed by atoms with E-state index in [1.54, 1.807) is 37.3 Å². The van der Waals surface area contributed by atoms with Gasteiger partial charge in [-0.15, -0.1) is 0 Å². The largest absolute Gasteiger partial charge is 0.438 e. The van der Waals surface area contributed by atoms with Crippen molar-refractivity contribution in [2.24, 2.45) is 0 Å². The molecule has 178 valence electrons. The number of ether oxygens (including phenoxy) is 1. The van der Waals surface area contributed by atoms with Crippen LogP contribution in [0.4, 0.5) is 5.82 Å². The van der Waals surface area contributed by atoms with Gasteiger partial charge in [0, 0.05) is 10.6 Å². The first-order chi connectivity index (χ1) is 16.8. The number of pyridine rings is 1. The van der Waals surface area contributed by atoms with Crippen molar-refractivity contribution in [3.8, 4) is 22.8 Å². The van der Waals surface area contributed by atoms with Crippen LogP contribution in [0.15, 0.2) is 95.9 Å². The molecule has 0 fully saturated rings. The molecule has 0 aliphatic carbocycles. The fourth-order valence-electron chi connectivity index (χ4n) is 3.39. The molecule has 0 radical (unpaired) electrons. The topological polar surface area (TPSA) is 85.4 Å². The van der Waals surface area contributed by atoms with Gasteiger partial charge >= 0.3 is 0 Å². The first-order valence-corrected chi connectivity index (χ1v) is 13.0. The van der Waals surface area contributed by atoms with Crippen LogP contribution in [0.3, 0.4) is 0 Å². The summed E-state index contributed by atoms with van der Waals surface area (Å²) in [5, 5.41) is 3.41. The van der Waals surface area contributed by atoms with E-state index in [4.69, 9.17) is 16.3 Å². The van der Waals surface area contributed by atoms with Crippen LogP contribution in [0, 0.1) is 0 Å². The average molecular weight is 507 g/mol. The van der Waals surface area contributed by atoms with E-state index in [0.717, 1.165) is 11.1 Å². The highest BCUT2D eigenvalue weighted by Crippen LogP contribution is 2.33. The lowest BCUT2D eigenvalue weighted by Gasteiger charge is -2.13. The highest BCUT2D eigenvalue weighted by atomic mass is 35.5. The molecule has 0 spiro atoms. The Hall–Kier alpha value is -3.68. The van der Waals surface area contributed by atoms with Crippen molar-refractivity contribution in [2.45, 2.75) is 18.2 Å². The number of benzene rings is 3. The van der Waals surface area contributed by atoms with E-state index in [-0.39, 0.29) is 23.0 Å². The molecule has 0 unspecified atom stereocenters. The van der Waals surface area contributed by atoms with Crippen molar-refractivity contribution in [1.82, 2.24) is 4.98 Å². The van der Waals surface area contributed by atoms with Crippen LogP contribution in [-0.4, -0.2) is 25.1 Å². The second-order valence-electron chi connectivity index (χ2n) is 7.74. The number of anilines is 1. The average Bonchev–Trinajstić information content (AvgIpc) is 2.86. The maximum Gasteiger partial charge on any atom is 0.229 e. The number of sulfone groups is 1. The van der Waals surface area contributed by atoms with E-state index in [0.29, 0.717) is 28.0 Å². The van der Waals surface area contributed by atoms with Gasteiger partial charge in [0.15, 0.2) is 9.84 Å². The van der Waals surface area contributed by atoms with E-state index < -0.39 is 9.84 Å². The zero-order valence-electron chi connectivity index (χ0n) is 18.9. The van der Waals surface area contributed by atoms with Gasteiger partial charge in [-0.3, -0.25) is 4.79 Å². The summed E-state index contributed by atoms with van der Waals surface area (Å²) < 4.78 is 30.0. The van der Waals surface area contributed by atoms with Gasteiger partial charge in [-0.2, -0.15) is 4.98 Å². The summed E-state index contributed by atoms with van der Waals surface area (Å²) in [4.78, 5) is 17.4. The maximum absolute atomic E-state index is 12.7. The normalized spacial score (nSPS) is 11.1. The van der Waals surface area contributed by atoms with Crippen molar-refractivity contribution in [3.63, 3.8) is 0 Å². The van der Waals surface area contributed by atoms with Crippen molar-refractivity contribution in [2.75, 3.05) is 11.1 Å². The summed E-state index contributed by atoms with van der Waals surface area (Å²) in [6, 6.07) is 26.4. The van der Waals surface area contributed by atoms with Gasteiger partial charge in [0.05, 0.1) is 17.1 Å². The highest BCUT2D eigenvalue weighted by Gasteiger charge is 2.14. The van der Waals surface area contributed by atoms with Crippen LogP contribution in [0.2, 0.25) is 5.02 Å². The molecule has 6 nitrogen and oxygen atoms in total. The minimum atomic E-state index is -3.28. The smallest absolute Gasteiger partial charge is 0.229 e. The molecule has 4 aromatic rings. The maximum atomic E-state index is 12.7. The summed E-state index contributed by atoms with van der Waals surface area (Å²) in [6.07, 6.45) is 0.0714. The van der Waals surface area contributed by atoms with E-state index in [1.165, 1.54) is 12.1 Å². The van der Waals surface area contributed by atoms with Crippen LogP contribution in [0.5, 0.6) is 11.6 Å². The molecular formula is C27H23ClN2O4S.